The molecule has 1 amide bonds. The predicted octanol–water partition coefficient (Wildman–Crippen LogP) is 2.35. The largest absolute Gasteiger partial charge is 0.479 e. The second-order valence-electron chi connectivity index (χ2n) is 3.91. The van der Waals surface area contributed by atoms with Crippen LogP contribution < -0.4 is 0 Å². The van der Waals surface area contributed by atoms with Crippen LogP contribution in [0.5, 0.6) is 0 Å². The Morgan fingerprint density at radius 1 is 1.53 bits per heavy atom. The van der Waals surface area contributed by atoms with Gasteiger partial charge >= 0.3 is 5.97 Å². The van der Waals surface area contributed by atoms with Crippen LogP contribution in [0.15, 0.2) is 15.9 Å². The Morgan fingerprint density at radius 2 is 2.21 bits per heavy atom. The summed E-state index contributed by atoms with van der Waals surface area (Å²) in [5, 5.41) is 8.68. The number of hydrogen-bond acceptors (Lipinski definition) is 4. The highest BCUT2D eigenvalue weighted by Crippen LogP contribution is 2.23. The van der Waals surface area contributed by atoms with Gasteiger partial charge in [-0.25, -0.2) is 4.79 Å². The molecule has 0 aliphatic carbocycles. The third-order valence-electron chi connectivity index (χ3n) is 2.51. The highest BCUT2D eigenvalue weighted by molar-refractivity contribution is 9.11. The fourth-order valence-electron chi connectivity index (χ4n) is 1.36. The maximum atomic E-state index is 11.9. The van der Waals surface area contributed by atoms with Gasteiger partial charge in [-0.1, -0.05) is 0 Å². The van der Waals surface area contributed by atoms with Crippen molar-refractivity contribution in [2.75, 3.05) is 13.2 Å². The van der Waals surface area contributed by atoms with Crippen LogP contribution >= 0.6 is 27.3 Å². The minimum atomic E-state index is -1.07. The summed E-state index contributed by atoms with van der Waals surface area (Å²) in [6.07, 6.45) is -0.974. The van der Waals surface area contributed by atoms with Crippen molar-refractivity contribution in [2.24, 2.45) is 0 Å². The van der Waals surface area contributed by atoms with Crippen LogP contribution in [0.2, 0.25) is 0 Å². The van der Waals surface area contributed by atoms with Crippen LogP contribution in [0.1, 0.15) is 18.7 Å². The summed E-state index contributed by atoms with van der Waals surface area (Å²) >= 11 is 4.94. The number of carbonyl (C=O) groups is 2. The Balaban J connectivity index is 2.50. The van der Waals surface area contributed by atoms with Gasteiger partial charge in [0.05, 0.1) is 10.3 Å². The van der Waals surface area contributed by atoms with Crippen molar-refractivity contribution in [1.82, 2.24) is 4.90 Å². The van der Waals surface area contributed by atoms with E-state index < -0.39 is 12.1 Å². The van der Waals surface area contributed by atoms with Gasteiger partial charge in [-0.3, -0.25) is 4.79 Å². The molecule has 1 aromatic heterocycles. The summed E-state index contributed by atoms with van der Waals surface area (Å²) < 4.78 is 6.01. The van der Waals surface area contributed by atoms with Crippen molar-refractivity contribution in [3.8, 4) is 0 Å². The Hall–Kier alpha value is -0.920. The second kappa shape index (κ2) is 7.62. The lowest BCUT2D eigenvalue weighted by Gasteiger charge is -2.20. The number of rotatable bonds is 7. The molecule has 0 bridgehead atoms. The van der Waals surface area contributed by atoms with Gasteiger partial charge in [0, 0.05) is 11.4 Å². The van der Waals surface area contributed by atoms with E-state index in [0.717, 1.165) is 8.66 Å². The van der Waals surface area contributed by atoms with Crippen molar-refractivity contribution in [3.63, 3.8) is 0 Å². The summed E-state index contributed by atoms with van der Waals surface area (Å²) in [5.74, 6) is -1.28. The van der Waals surface area contributed by atoms with Crippen molar-refractivity contribution in [2.45, 2.75) is 26.5 Å². The van der Waals surface area contributed by atoms with Gasteiger partial charge in [0.25, 0.3) is 0 Å². The van der Waals surface area contributed by atoms with E-state index in [1.54, 1.807) is 16.2 Å². The number of carboxylic acids is 1. The standard InChI is InChI=1S/C12H16BrNO4S/c1-3-14(6-9-4-5-10(13)19-9)11(15)7-18-8(2)12(16)17/h4-5,8H,3,6-7H2,1-2H3,(H,16,17)/t8-/m1/s1. The number of aliphatic carboxylic acids is 1. The van der Waals surface area contributed by atoms with Gasteiger partial charge < -0.3 is 14.7 Å². The van der Waals surface area contributed by atoms with Gasteiger partial charge in [-0.15, -0.1) is 11.3 Å². The topological polar surface area (TPSA) is 66.8 Å². The maximum absolute atomic E-state index is 11.9. The van der Waals surface area contributed by atoms with Crippen LogP contribution in [0.3, 0.4) is 0 Å². The zero-order valence-electron chi connectivity index (χ0n) is 10.8. The third kappa shape index (κ3) is 5.30. The first-order valence-corrected chi connectivity index (χ1v) is 7.41. The van der Waals surface area contributed by atoms with Gasteiger partial charge in [0.2, 0.25) is 5.91 Å². The Kier molecular flexibility index (Phi) is 6.47. The van der Waals surface area contributed by atoms with Crippen LogP contribution in [0.4, 0.5) is 0 Å². The average Bonchev–Trinajstić information content (AvgIpc) is 2.77. The summed E-state index contributed by atoms with van der Waals surface area (Å²) in [4.78, 5) is 25.2. The first kappa shape index (κ1) is 16.1. The van der Waals surface area contributed by atoms with E-state index in [1.165, 1.54) is 6.92 Å². The molecule has 1 aromatic rings. The lowest BCUT2D eigenvalue weighted by atomic mass is 10.4. The fourth-order valence-corrected chi connectivity index (χ4v) is 2.86. The van der Waals surface area contributed by atoms with E-state index in [2.05, 4.69) is 15.9 Å². The highest BCUT2D eigenvalue weighted by Gasteiger charge is 2.17. The quantitative estimate of drug-likeness (QED) is 0.820. The molecule has 0 fully saturated rings. The number of nitrogens with zero attached hydrogens (tertiary/aromatic N) is 1. The van der Waals surface area contributed by atoms with Crippen molar-refractivity contribution in [1.29, 1.82) is 0 Å². The summed E-state index contributed by atoms with van der Waals surface area (Å²) in [6.45, 7) is 4.13. The molecule has 0 aliphatic rings. The maximum Gasteiger partial charge on any atom is 0.332 e. The third-order valence-corrected chi connectivity index (χ3v) is 4.12. The number of amides is 1. The SMILES string of the molecule is CCN(Cc1ccc(Br)s1)C(=O)CO[C@H](C)C(=O)O. The lowest BCUT2D eigenvalue weighted by Crippen LogP contribution is -2.35. The first-order chi connectivity index (χ1) is 8.93. The minimum absolute atomic E-state index is 0.208. The number of carboxylic acid groups (broad SMARTS) is 1. The molecule has 7 heteroatoms. The van der Waals surface area contributed by atoms with Gasteiger partial charge in [-0.2, -0.15) is 0 Å². The Morgan fingerprint density at radius 3 is 2.68 bits per heavy atom. The molecule has 0 unspecified atom stereocenters. The predicted molar refractivity (Wildman–Crippen MR) is 76.2 cm³/mol. The molecule has 5 nitrogen and oxygen atoms in total. The van der Waals surface area contributed by atoms with Crippen LogP contribution in [-0.2, 0) is 20.9 Å². The van der Waals surface area contributed by atoms with Gasteiger partial charge in [0.1, 0.15) is 6.61 Å². The minimum Gasteiger partial charge on any atom is -0.479 e. The molecule has 0 aliphatic heterocycles. The number of halogens is 1. The van der Waals surface area contributed by atoms with Crippen LogP contribution in [0, 0.1) is 0 Å². The first-order valence-electron chi connectivity index (χ1n) is 5.80. The number of thiophene rings is 1. The van der Waals surface area contributed by atoms with E-state index in [1.807, 2.05) is 19.1 Å². The lowest BCUT2D eigenvalue weighted by molar-refractivity contribution is -0.153. The molecule has 0 radical (unpaired) electrons. The van der Waals surface area contributed by atoms with Crippen LogP contribution in [0.25, 0.3) is 0 Å². The highest BCUT2D eigenvalue weighted by atomic mass is 79.9. The molecule has 0 aromatic carbocycles. The molecule has 0 saturated carbocycles. The van der Waals surface area contributed by atoms with Gasteiger partial charge in [-0.05, 0) is 41.9 Å². The summed E-state index contributed by atoms with van der Waals surface area (Å²) in [7, 11) is 0. The zero-order chi connectivity index (χ0) is 14.4. The smallest absolute Gasteiger partial charge is 0.332 e. The van der Waals surface area contributed by atoms with E-state index in [0.29, 0.717) is 13.1 Å². The molecule has 1 atom stereocenters. The van der Waals surface area contributed by atoms with E-state index in [-0.39, 0.29) is 12.5 Å². The molecular weight excluding hydrogens is 334 g/mol. The Labute approximate surface area is 124 Å². The van der Waals surface area contributed by atoms with E-state index in [4.69, 9.17) is 9.84 Å². The molecule has 1 rings (SSSR count). The average molecular weight is 350 g/mol. The van der Waals surface area contributed by atoms with E-state index >= 15 is 0 Å². The second-order valence-corrected chi connectivity index (χ2v) is 6.45. The summed E-state index contributed by atoms with van der Waals surface area (Å²) in [6, 6.07) is 3.88. The number of ether oxygens (including phenoxy) is 1. The zero-order valence-corrected chi connectivity index (χ0v) is 13.2. The summed E-state index contributed by atoms with van der Waals surface area (Å²) in [5.41, 5.74) is 0. The molecule has 0 spiro atoms. The van der Waals surface area contributed by atoms with E-state index in [9.17, 15) is 9.59 Å². The monoisotopic (exact) mass is 349 g/mol. The fraction of sp³-hybridized carbons (Fsp3) is 0.500. The van der Waals surface area contributed by atoms with Crippen molar-refractivity contribution in [3.05, 3.63) is 20.8 Å². The van der Waals surface area contributed by atoms with Crippen molar-refractivity contribution >= 4 is 39.1 Å². The normalized spacial score (nSPS) is 12.2. The Bertz CT molecular complexity index is 449. The van der Waals surface area contributed by atoms with Gasteiger partial charge in [0.15, 0.2) is 6.10 Å². The molecule has 106 valence electrons. The van der Waals surface area contributed by atoms with Crippen LogP contribution in [-0.4, -0.2) is 41.1 Å². The number of carbonyl (C=O) groups excluding carboxylic acids is 1. The molecule has 1 heterocycles. The molecule has 1 N–H and O–H groups in total. The number of likely N-dealkylation sites (N-methyl/N-ethyl adjacent to an activating group) is 1. The number of hydrogen-bond donors (Lipinski definition) is 1. The molecule has 19 heavy (non-hydrogen) atoms. The van der Waals surface area contributed by atoms with Crippen molar-refractivity contribution < 1.29 is 19.4 Å². The molecule has 0 saturated heterocycles. The molecular formula is C12H16BrNO4S.